The first-order chi connectivity index (χ1) is 7.83. The van der Waals surface area contributed by atoms with Gasteiger partial charge in [0.15, 0.2) is 0 Å². The molecule has 0 fully saturated rings. The molecule has 0 amide bonds. The second-order valence-electron chi connectivity index (χ2n) is 4.13. The standard InChI is InChI=1S/C14H22O2/c1-3-4-5-8-13(2)11-15-12-14-9-6-7-10-16-14/h3-5,7-8,10,13-14H,6,9,11-12H2,1-2H3/b4-3-,8-5-. The number of allylic oxidation sites excluding steroid dienone is 4. The van der Waals surface area contributed by atoms with Crippen molar-refractivity contribution in [3.05, 3.63) is 36.6 Å². The monoisotopic (exact) mass is 222 g/mol. The summed E-state index contributed by atoms with van der Waals surface area (Å²) >= 11 is 0. The van der Waals surface area contributed by atoms with E-state index in [4.69, 9.17) is 9.47 Å². The summed E-state index contributed by atoms with van der Waals surface area (Å²) in [5, 5.41) is 0. The van der Waals surface area contributed by atoms with Crippen LogP contribution in [0, 0.1) is 5.92 Å². The average Bonchev–Trinajstić information content (AvgIpc) is 2.31. The van der Waals surface area contributed by atoms with Crippen LogP contribution >= 0.6 is 0 Å². The molecule has 0 radical (unpaired) electrons. The van der Waals surface area contributed by atoms with Crippen molar-refractivity contribution in [1.82, 2.24) is 0 Å². The molecule has 16 heavy (non-hydrogen) atoms. The summed E-state index contributed by atoms with van der Waals surface area (Å²) in [6.07, 6.45) is 14.5. The van der Waals surface area contributed by atoms with Crippen LogP contribution in [0.1, 0.15) is 26.7 Å². The Bertz CT molecular complexity index is 253. The van der Waals surface area contributed by atoms with Crippen LogP contribution in [0.5, 0.6) is 0 Å². The van der Waals surface area contributed by atoms with Gasteiger partial charge in [0.25, 0.3) is 0 Å². The molecule has 0 N–H and O–H groups in total. The fraction of sp³-hybridized carbons (Fsp3) is 0.571. The SMILES string of the molecule is C/C=C\C=C/C(C)COCC1CCC=CO1. The molecule has 2 unspecified atom stereocenters. The molecular weight excluding hydrogens is 200 g/mol. The van der Waals surface area contributed by atoms with E-state index in [0.29, 0.717) is 12.5 Å². The second kappa shape index (κ2) is 8.17. The van der Waals surface area contributed by atoms with Crippen LogP contribution in [0.4, 0.5) is 0 Å². The summed E-state index contributed by atoms with van der Waals surface area (Å²) in [5.41, 5.74) is 0. The highest BCUT2D eigenvalue weighted by molar-refractivity contribution is 5.02. The van der Waals surface area contributed by atoms with Gasteiger partial charge in [0.05, 0.1) is 19.5 Å². The van der Waals surface area contributed by atoms with Crippen LogP contribution < -0.4 is 0 Å². The van der Waals surface area contributed by atoms with Crippen LogP contribution in [-0.2, 0) is 9.47 Å². The molecule has 0 aromatic heterocycles. The minimum Gasteiger partial charge on any atom is -0.496 e. The lowest BCUT2D eigenvalue weighted by Gasteiger charge is -2.19. The summed E-state index contributed by atoms with van der Waals surface area (Å²) in [7, 11) is 0. The van der Waals surface area contributed by atoms with Gasteiger partial charge in [-0.15, -0.1) is 0 Å². The third kappa shape index (κ3) is 5.76. The highest BCUT2D eigenvalue weighted by atomic mass is 16.5. The molecule has 1 heterocycles. The maximum Gasteiger partial charge on any atom is 0.121 e. The van der Waals surface area contributed by atoms with E-state index in [2.05, 4.69) is 25.2 Å². The lowest BCUT2D eigenvalue weighted by atomic mass is 10.1. The smallest absolute Gasteiger partial charge is 0.121 e. The van der Waals surface area contributed by atoms with E-state index in [-0.39, 0.29) is 6.10 Å². The Morgan fingerprint density at radius 3 is 3.06 bits per heavy atom. The van der Waals surface area contributed by atoms with Gasteiger partial charge in [-0.05, 0) is 31.8 Å². The van der Waals surface area contributed by atoms with Gasteiger partial charge in [-0.25, -0.2) is 0 Å². The molecule has 0 aromatic carbocycles. The van der Waals surface area contributed by atoms with Crippen molar-refractivity contribution in [2.45, 2.75) is 32.8 Å². The Kier molecular flexibility index (Phi) is 6.66. The lowest BCUT2D eigenvalue weighted by Crippen LogP contribution is -2.21. The van der Waals surface area contributed by atoms with Gasteiger partial charge in [-0.3, -0.25) is 0 Å². The van der Waals surface area contributed by atoms with E-state index in [9.17, 15) is 0 Å². The molecule has 90 valence electrons. The largest absolute Gasteiger partial charge is 0.496 e. The molecule has 0 bridgehead atoms. The van der Waals surface area contributed by atoms with Gasteiger partial charge >= 0.3 is 0 Å². The van der Waals surface area contributed by atoms with Crippen LogP contribution in [0.2, 0.25) is 0 Å². The van der Waals surface area contributed by atoms with Crippen molar-refractivity contribution < 1.29 is 9.47 Å². The van der Waals surface area contributed by atoms with E-state index >= 15 is 0 Å². The molecule has 2 nitrogen and oxygen atoms in total. The Balaban J connectivity index is 2.07. The number of rotatable bonds is 6. The summed E-state index contributed by atoms with van der Waals surface area (Å²) in [5.74, 6) is 0.454. The van der Waals surface area contributed by atoms with E-state index < -0.39 is 0 Å². The first kappa shape index (κ1) is 13.0. The number of hydrogen-bond acceptors (Lipinski definition) is 2. The minimum absolute atomic E-state index is 0.247. The van der Waals surface area contributed by atoms with Crippen molar-refractivity contribution in [2.24, 2.45) is 5.92 Å². The fourth-order valence-electron chi connectivity index (χ4n) is 1.51. The molecule has 0 spiro atoms. The highest BCUT2D eigenvalue weighted by Crippen LogP contribution is 2.11. The predicted molar refractivity (Wildman–Crippen MR) is 67.2 cm³/mol. The zero-order valence-corrected chi connectivity index (χ0v) is 10.3. The molecule has 1 rings (SSSR count). The first-order valence-electron chi connectivity index (χ1n) is 6.00. The van der Waals surface area contributed by atoms with Crippen LogP contribution in [0.15, 0.2) is 36.6 Å². The fourth-order valence-corrected chi connectivity index (χ4v) is 1.51. The van der Waals surface area contributed by atoms with Crippen molar-refractivity contribution in [3.8, 4) is 0 Å². The number of hydrogen-bond donors (Lipinski definition) is 0. The van der Waals surface area contributed by atoms with Crippen LogP contribution in [0.3, 0.4) is 0 Å². The van der Waals surface area contributed by atoms with Crippen LogP contribution in [0.25, 0.3) is 0 Å². The summed E-state index contributed by atoms with van der Waals surface area (Å²) in [4.78, 5) is 0. The third-order valence-electron chi connectivity index (χ3n) is 2.45. The molecule has 0 saturated heterocycles. The van der Waals surface area contributed by atoms with Crippen molar-refractivity contribution in [1.29, 1.82) is 0 Å². The topological polar surface area (TPSA) is 18.5 Å². The Labute approximate surface area is 98.6 Å². The zero-order chi connectivity index (χ0) is 11.6. The second-order valence-corrected chi connectivity index (χ2v) is 4.13. The molecule has 0 aromatic rings. The van der Waals surface area contributed by atoms with Crippen molar-refractivity contribution in [2.75, 3.05) is 13.2 Å². The normalized spacial score (nSPS) is 22.8. The highest BCUT2D eigenvalue weighted by Gasteiger charge is 2.10. The van der Waals surface area contributed by atoms with Gasteiger partial charge in [-0.2, -0.15) is 0 Å². The molecular formula is C14H22O2. The van der Waals surface area contributed by atoms with Gasteiger partial charge in [0.2, 0.25) is 0 Å². The minimum atomic E-state index is 0.247. The van der Waals surface area contributed by atoms with Gasteiger partial charge in [0, 0.05) is 0 Å². The van der Waals surface area contributed by atoms with Crippen LogP contribution in [-0.4, -0.2) is 19.3 Å². The first-order valence-corrected chi connectivity index (χ1v) is 6.00. The third-order valence-corrected chi connectivity index (χ3v) is 2.45. The lowest BCUT2D eigenvalue weighted by molar-refractivity contribution is 0.0116. The van der Waals surface area contributed by atoms with E-state index in [1.807, 2.05) is 19.1 Å². The number of ether oxygens (including phenoxy) is 2. The maximum absolute atomic E-state index is 5.63. The van der Waals surface area contributed by atoms with E-state index in [1.165, 1.54) is 0 Å². The molecule has 2 atom stereocenters. The van der Waals surface area contributed by atoms with Crippen molar-refractivity contribution in [3.63, 3.8) is 0 Å². The maximum atomic E-state index is 5.63. The molecule has 1 aliphatic rings. The summed E-state index contributed by atoms with van der Waals surface area (Å²) in [6, 6.07) is 0. The Morgan fingerprint density at radius 1 is 1.50 bits per heavy atom. The predicted octanol–water partition coefficient (Wildman–Crippen LogP) is 3.46. The van der Waals surface area contributed by atoms with E-state index in [0.717, 1.165) is 19.4 Å². The quantitative estimate of drug-likeness (QED) is 0.641. The van der Waals surface area contributed by atoms with Gasteiger partial charge in [0.1, 0.15) is 6.10 Å². The summed E-state index contributed by atoms with van der Waals surface area (Å²) < 4.78 is 11.1. The Morgan fingerprint density at radius 2 is 2.38 bits per heavy atom. The average molecular weight is 222 g/mol. The van der Waals surface area contributed by atoms with Gasteiger partial charge in [-0.1, -0.05) is 31.2 Å². The Hall–Kier alpha value is -1.02. The van der Waals surface area contributed by atoms with E-state index in [1.54, 1.807) is 6.26 Å². The molecule has 0 aliphatic carbocycles. The van der Waals surface area contributed by atoms with Gasteiger partial charge < -0.3 is 9.47 Å². The van der Waals surface area contributed by atoms with Crippen molar-refractivity contribution >= 4 is 0 Å². The molecule has 2 heteroatoms. The molecule has 0 saturated carbocycles. The zero-order valence-electron chi connectivity index (χ0n) is 10.3. The molecule has 1 aliphatic heterocycles. The summed E-state index contributed by atoms with van der Waals surface area (Å²) in [6.45, 7) is 5.63.